The molecule has 2 aromatic carbocycles. The molecule has 0 unspecified atom stereocenters. The third-order valence-electron chi connectivity index (χ3n) is 3.25. The van der Waals surface area contributed by atoms with Crippen molar-refractivity contribution in [2.45, 2.75) is 4.90 Å². The van der Waals surface area contributed by atoms with Crippen LogP contribution in [0.1, 0.15) is 0 Å². The van der Waals surface area contributed by atoms with Crippen LogP contribution in [0.3, 0.4) is 0 Å². The van der Waals surface area contributed by atoms with Crippen LogP contribution in [0.15, 0.2) is 41.3 Å². The van der Waals surface area contributed by atoms with E-state index in [1.165, 1.54) is 44.4 Å². The van der Waals surface area contributed by atoms with Crippen LogP contribution in [0, 0.1) is 5.82 Å². The van der Waals surface area contributed by atoms with E-state index in [-0.39, 0.29) is 26.4 Å². The molecule has 1 N–H and O–H groups in total. The van der Waals surface area contributed by atoms with Gasteiger partial charge in [0.15, 0.2) is 6.61 Å². The number of carbonyl (C=O) groups is 1. The van der Waals surface area contributed by atoms with Gasteiger partial charge in [0.05, 0.1) is 20.6 Å². The number of nitrogens with zero attached hydrogens (tertiary/aromatic N) is 1. The number of halogens is 3. The number of ether oxygens (including phenoxy) is 1. The predicted molar refractivity (Wildman–Crippen MR) is 97.9 cm³/mol. The summed E-state index contributed by atoms with van der Waals surface area (Å²) < 4.78 is 43.7. The van der Waals surface area contributed by atoms with Gasteiger partial charge in [-0.25, -0.2) is 17.1 Å². The van der Waals surface area contributed by atoms with E-state index in [1.54, 1.807) is 0 Å². The molecule has 0 saturated heterocycles. The van der Waals surface area contributed by atoms with E-state index in [4.69, 9.17) is 27.9 Å². The summed E-state index contributed by atoms with van der Waals surface area (Å²) in [6.45, 7) is -0.400. The smallest absolute Gasteiger partial charge is 0.262 e. The monoisotopic (exact) mass is 420 g/mol. The van der Waals surface area contributed by atoms with Gasteiger partial charge in [0.1, 0.15) is 11.6 Å². The molecule has 0 fully saturated rings. The first-order valence-corrected chi connectivity index (χ1v) is 9.40. The van der Waals surface area contributed by atoms with Crippen molar-refractivity contribution in [3.05, 3.63) is 52.3 Å². The molecule has 0 bridgehead atoms. The first-order chi connectivity index (χ1) is 12.1. The van der Waals surface area contributed by atoms with Gasteiger partial charge in [-0.3, -0.25) is 4.79 Å². The zero-order valence-electron chi connectivity index (χ0n) is 13.8. The molecule has 0 aliphatic rings. The summed E-state index contributed by atoms with van der Waals surface area (Å²) in [4.78, 5) is 12.0. The minimum absolute atomic E-state index is 0.0200. The average molecular weight is 421 g/mol. The highest BCUT2D eigenvalue weighted by molar-refractivity contribution is 7.89. The second-order valence-corrected chi connectivity index (χ2v) is 8.31. The van der Waals surface area contributed by atoms with Gasteiger partial charge >= 0.3 is 0 Å². The van der Waals surface area contributed by atoms with Gasteiger partial charge in [-0.2, -0.15) is 0 Å². The van der Waals surface area contributed by atoms with Gasteiger partial charge in [0.25, 0.3) is 5.91 Å². The molecule has 26 heavy (non-hydrogen) atoms. The lowest BCUT2D eigenvalue weighted by Gasteiger charge is -2.14. The van der Waals surface area contributed by atoms with Crippen molar-refractivity contribution < 1.29 is 22.3 Å². The standard InChI is InChI=1S/C16H15Cl2FN2O4S/c1-21(2)26(23,24)11-4-5-12(17)15(8-11)20-16(22)9-25-10-3-6-14(19)13(18)7-10/h3-8H,9H2,1-2H3,(H,20,22). The van der Waals surface area contributed by atoms with E-state index in [0.29, 0.717) is 0 Å². The van der Waals surface area contributed by atoms with Crippen molar-refractivity contribution >= 4 is 44.8 Å². The Morgan fingerprint density at radius 2 is 1.85 bits per heavy atom. The van der Waals surface area contributed by atoms with Gasteiger partial charge in [-0.15, -0.1) is 0 Å². The molecule has 0 atom stereocenters. The number of anilines is 1. The number of rotatable bonds is 6. The topological polar surface area (TPSA) is 75.7 Å². The zero-order chi connectivity index (χ0) is 19.5. The molecule has 0 radical (unpaired) electrons. The lowest BCUT2D eigenvalue weighted by molar-refractivity contribution is -0.118. The Balaban J connectivity index is 2.10. The second-order valence-electron chi connectivity index (χ2n) is 5.34. The number of hydrogen-bond donors (Lipinski definition) is 1. The number of amides is 1. The molecule has 0 saturated carbocycles. The molecule has 10 heteroatoms. The van der Waals surface area contributed by atoms with E-state index < -0.39 is 28.4 Å². The summed E-state index contributed by atoms with van der Waals surface area (Å²) in [5.41, 5.74) is 0.125. The molecule has 2 aromatic rings. The SMILES string of the molecule is CN(C)S(=O)(=O)c1ccc(Cl)c(NC(=O)COc2ccc(F)c(Cl)c2)c1. The van der Waals surface area contributed by atoms with E-state index in [2.05, 4.69) is 5.32 Å². The number of hydrogen-bond acceptors (Lipinski definition) is 4. The van der Waals surface area contributed by atoms with E-state index in [0.717, 1.165) is 10.4 Å². The molecule has 140 valence electrons. The average Bonchev–Trinajstić information content (AvgIpc) is 2.57. The fourth-order valence-electron chi connectivity index (χ4n) is 1.87. The highest BCUT2D eigenvalue weighted by atomic mass is 35.5. The van der Waals surface area contributed by atoms with Crippen molar-refractivity contribution in [3.63, 3.8) is 0 Å². The summed E-state index contributed by atoms with van der Waals surface area (Å²) in [5, 5.41) is 2.51. The Hall–Kier alpha value is -1.87. The zero-order valence-corrected chi connectivity index (χ0v) is 16.1. The molecular formula is C16H15Cl2FN2O4S. The Morgan fingerprint density at radius 3 is 2.46 bits per heavy atom. The lowest BCUT2D eigenvalue weighted by atomic mass is 10.3. The Morgan fingerprint density at radius 1 is 1.15 bits per heavy atom. The number of benzene rings is 2. The molecular weight excluding hydrogens is 406 g/mol. The Labute approximate surface area is 160 Å². The minimum atomic E-state index is -3.67. The second kappa shape index (κ2) is 8.22. The van der Waals surface area contributed by atoms with Crippen molar-refractivity contribution in [1.82, 2.24) is 4.31 Å². The van der Waals surface area contributed by atoms with Crippen LogP contribution in [0.2, 0.25) is 10.0 Å². The Kier molecular flexibility index (Phi) is 6.46. The van der Waals surface area contributed by atoms with Crippen molar-refractivity contribution in [3.8, 4) is 5.75 Å². The molecule has 0 aliphatic heterocycles. The maximum atomic E-state index is 13.1. The van der Waals surface area contributed by atoms with Crippen LogP contribution in [0.4, 0.5) is 10.1 Å². The van der Waals surface area contributed by atoms with Crippen LogP contribution < -0.4 is 10.1 Å². The minimum Gasteiger partial charge on any atom is -0.484 e. The molecule has 1 amide bonds. The van der Waals surface area contributed by atoms with E-state index in [1.807, 2.05) is 0 Å². The summed E-state index contributed by atoms with van der Waals surface area (Å²) in [6, 6.07) is 7.64. The highest BCUT2D eigenvalue weighted by Crippen LogP contribution is 2.26. The Bertz CT molecular complexity index is 936. The fraction of sp³-hybridized carbons (Fsp3) is 0.188. The largest absolute Gasteiger partial charge is 0.484 e. The van der Waals surface area contributed by atoms with Crippen LogP contribution >= 0.6 is 23.2 Å². The first-order valence-electron chi connectivity index (χ1n) is 7.21. The highest BCUT2D eigenvalue weighted by Gasteiger charge is 2.19. The summed E-state index contributed by atoms with van der Waals surface area (Å²) >= 11 is 11.6. The van der Waals surface area contributed by atoms with Gasteiger partial charge in [-0.1, -0.05) is 23.2 Å². The number of nitrogens with one attached hydrogen (secondary N) is 1. The summed E-state index contributed by atoms with van der Waals surface area (Å²) in [6.07, 6.45) is 0. The lowest BCUT2D eigenvalue weighted by Crippen LogP contribution is -2.23. The fourth-order valence-corrected chi connectivity index (χ4v) is 3.14. The molecule has 0 spiro atoms. The van der Waals surface area contributed by atoms with Crippen LogP contribution in [0.25, 0.3) is 0 Å². The first kappa shape index (κ1) is 20.4. The van der Waals surface area contributed by atoms with Gasteiger partial charge < -0.3 is 10.1 Å². The van der Waals surface area contributed by atoms with Crippen molar-refractivity contribution in [1.29, 1.82) is 0 Å². The number of carbonyl (C=O) groups excluding carboxylic acids is 1. The molecule has 0 aromatic heterocycles. The normalized spacial score (nSPS) is 11.5. The molecule has 2 rings (SSSR count). The van der Waals surface area contributed by atoms with E-state index >= 15 is 0 Å². The maximum absolute atomic E-state index is 13.1. The number of sulfonamides is 1. The third kappa shape index (κ3) is 4.85. The molecule has 6 nitrogen and oxygen atoms in total. The maximum Gasteiger partial charge on any atom is 0.262 e. The van der Waals surface area contributed by atoms with Crippen molar-refractivity contribution in [2.75, 3.05) is 26.0 Å². The third-order valence-corrected chi connectivity index (χ3v) is 5.68. The quantitative estimate of drug-likeness (QED) is 0.776. The van der Waals surface area contributed by atoms with Gasteiger partial charge in [0, 0.05) is 20.2 Å². The van der Waals surface area contributed by atoms with Crippen LogP contribution in [-0.2, 0) is 14.8 Å². The molecule has 0 heterocycles. The predicted octanol–water partition coefficient (Wildman–Crippen LogP) is 3.40. The summed E-state index contributed by atoms with van der Waals surface area (Å²) in [7, 11) is -0.889. The van der Waals surface area contributed by atoms with Gasteiger partial charge in [0.2, 0.25) is 10.0 Å². The van der Waals surface area contributed by atoms with Crippen molar-refractivity contribution in [2.24, 2.45) is 0 Å². The summed E-state index contributed by atoms with van der Waals surface area (Å²) in [5.74, 6) is -0.970. The van der Waals surface area contributed by atoms with Crippen LogP contribution in [-0.4, -0.2) is 39.3 Å². The molecule has 0 aliphatic carbocycles. The van der Waals surface area contributed by atoms with Gasteiger partial charge in [-0.05, 0) is 30.3 Å². The van der Waals surface area contributed by atoms with Crippen LogP contribution in [0.5, 0.6) is 5.75 Å². The van der Waals surface area contributed by atoms with E-state index in [9.17, 15) is 17.6 Å².